The van der Waals surface area contributed by atoms with E-state index in [9.17, 15) is 4.79 Å². The number of nitrogens with zero attached hydrogens (tertiary/aromatic N) is 1. The highest BCUT2D eigenvalue weighted by atomic mass is 32.2. The van der Waals surface area contributed by atoms with Crippen molar-refractivity contribution in [1.29, 1.82) is 0 Å². The molecule has 62 valence electrons. The van der Waals surface area contributed by atoms with E-state index in [4.69, 9.17) is 5.11 Å². The quantitative estimate of drug-likeness (QED) is 0.699. The molecule has 0 spiro atoms. The maximum Gasteiger partial charge on any atom is 0.305 e. The first kappa shape index (κ1) is 8.46. The zero-order valence-electron chi connectivity index (χ0n) is 6.41. The fourth-order valence-corrected chi connectivity index (χ4v) is 1.87. The fraction of sp³-hybridized carbons (Fsp3) is 0.571. The summed E-state index contributed by atoms with van der Waals surface area (Å²) in [5.41, 5.74) is 1.18. The summed E-state index contributed by atoms with van der Waals surface area (Å²) < 4.78 is 0. The van der Waals surface area contributed by atoms with Crippen molar-refractivity contribution in [3.63, 3.8) is 0 Å². The van der Waals surface area contributed by atoms with Gasteiger partial charge in [-0.25, -0.2) is 0 Å². The molecule has 0 fully saturated rings. The van der Waals surface area contributed by atoms with Crippen molar-refractivity contribution in [1.82, 2.24) is 4.90 Å². The number of hydrogen-bond donors (Lipinski definition) is 1. The number of rotatable bonds is 3. The Balaban J connectivity index is 2.27. The zero-order chi connectivity index (χ0) is 8.27. The van der Waals surface area contributed by atoms with E-state index in [2.05, 4.69) is 10.3 Å². The molecule has 0 aromatic rings. The van der Waals surface area contributed by atoms with Crippen molar-refractivity contribution in [3.8, 4) is 0 Å². The molecule has 3 nitrogen and oxygen atoms in total. The molecule has 1 rings (SSSR count). The maximum absolute atomic E-state index is 10.2. The van der Waals surface area contributed by atoms with Crippen LogP contribution in [0.15, 0.2) is 11.1 Å². The van der Waals surface area contributed by atoms with Crippen LogP contribution in [0.4, 0.5) is 0 Å². The van der Waals surface area contributed by atoms with Gasteiger partial charge in [0.25, 0.3) is 0 Å². The molecule has 4 heteroatoms. The SMILES string of the molecule is CC1=CSCN1CCC(=O)O. The van der Waals surface area contributed by atoms with E-state index in [1.165, 1.54) is 5.70 Å². The van der Waals surface area contributed by atoms with Crippen LogP contribution in [0.25, 0.3) is 0 Å². The summed E-state index contributed by atoms with van der Waals surface area (Å²) in [5.74, 6) is 0.175. The monoisotopic (exact) mass is 173 g/mol. The second kappa shape index (κ2) is 3.67. The van der Waals surface area contributed by atoms with Crippen molar-refractivity contribution in [2.24, 2.45) is 0 Å². The van der Waals surface area contributed by atoms with Crippen LogP contribution in [0.3, 0.4) is 0 Å². The molecule has 0 saturated carbocycles. The minimum absolute atomic E-state index is 0.228. The summed E-state index contributed by atoms with van der Waals surface area (Å²) in [6, 6.07) is 0. The molecule has 0 aromatic carbocycles. The number of carboxylic acids is 1. The first-order valence-corrected chi connectivity index (χ1v) is 4.50. The Morgan fingerprint density at radius 2 is 2.64 bits per heavy atom. The standard InChI is InChI=1S/C7H11NO2S/c1-6-4-11-5-8(6)3-2-7(9)10/h4H,2-3,5H2,1H3,(H,9,10). The van der Waals surface area contributed by atoms with Gasteiger partial charge in [-0.1, -0.05) is 0 Å². The Bertz CT molecular complexity index is 191. The van der Waals surface area contributed by atoms with Gasteiger partial charge in [-0.15, -0.1) is 11.8 Å². The highest BCUT2D eigenvalue weighted by Crippen LogP contribution is 2.21. The van der Waals surface area contributed by atoms with Gasteiger partial charge in [0.15, 0.2) is 0 Å². The average Bonchev–Trinajstić information content (AvgIpc) is 2.31. The van der Waals surface area contributed by atoms with Gasteiger partial charge in [-0.05, 0) is 12.3 Å². The fourth-order valence-electron chi connectivity index (χ4n) is 0.896. The van der Waals surface area contributed by atoms with Crippen LogP contribution in [0, 0.1) is 0 Å². The second-order valence-corrected chi connectivity index (χ2v) is 3.29. The molecule has 0 radical (unpaired) electrons. The van der Waals surface area contributed by atoms with Crippen LogP contribution in [-0.2, 0) is 4.79 Å². The predicted octanol–water partition coefficient (Wildman–Crippen LogP) is 1.33. The molecule has 1 aliphatic heterocycles. The van der Waals surface area contributed by atoms with Crippen molar-refractivity contribution in [2.45, 2.75) is 13.3 Å². The highest BCUT2D eigenvalue weighted by Gasteiger charge is 2.11. The summed E-state index contributed by atoms with van der Waals surface area (Å²) >= 11 is 1.71. The maximum atomic E-state index is 10.2. The van der Waals surface area contributed by atoms with Crippen LogP contribution in [-0.4, -0.2) is 28.4 Å². The van der Waals surface area contributed by atoms with Gasteiger partial charge < -0.3 is 10.0 Å². The molecule has 1 N–H and O–H groups in total. The lowest BCUT2D eigenvalue weighted by Crippen LogP contribution is -2.20. The van der Waals surface area contributed by atoms with E-state index in [1.54, 1.807) is 11.8 Å². The van der Waals surface area contributed by atoms with E-state index in [0.717, 1.165) is 5.88 Å². The first-order valence-electron chi connectivity index (χ1n) is 3.45. The molecular formula is C7H11NO2S. The van der Waals surface area contributed by atoms with E-state index in [0.29, 0.717) is 6.54 Å². The van der Waals surface area contributed by atoms with Crippen LogP contribution < -0.4 is 0 Å². The topological polar surface area (TPSA) is 40.5 Å². The Morgan fingerprint density at radius 3 is 3.09 bits per heavy atom. The van der Waals surface area contributed by atoms with E-state index in [-0.39, 0.29) is 6.42 Å². The van der Waals surface area contributed by atoms with E-state index in [1.807, 2.05) is 6.92 Å². The Labute approximate surface area is 70.1 Å². The van der Waals surface area contributed by atoms with Crippen molar-refractivity contribution in [3.05, 3.63) is 11.1 Å². The smallest absolute Gasteiger partial charge is 0.305 e. The lowest BCUT2D eigenvalue weighted by atomic mass is 10.4. The van der Waals surface area contributed by atoms with Gasteiger partial charge >= 0.3 is 5.97 Å². The molecule has 1 aliphatic rings. The molecule has 1 heterocycles. The number of carboxylic acid groups (broad SMARTS) is 1. The summed E-state index contributed by atoms with van der Waals surface area (Å²) in [6.45, 7) is 2.63. The third-order valence-corrected chi connectivity index (χ3v) is 2.55. The Hall–Kier alpha value is -0.640. The van der Waals surface area contributed by atoms with Gasteiger partial charge in [0, 0.05) is 12.2 Å². The number of carbonyl (C=O) groups is 1. The van der Waals surface area contributed by atoms with Gasteiger partial charge in [-0.2, -0.15) is 0 Å². The third kappa shape index (κ3) is 2.46. The molecule has 11 heavy (non-hydrogen) atoms. The van der Waals surface area contributed by atoms with Crippen LogP contribution >= 0.6 is 11.8 Å². The number of hydrogen-bond acceptors (Lipinski definition) is 3. The first-order chi connectivity index (χ1) is 5.20. The van der Waals surface area contributed by atoms with Crippen LogP contribution in [0.1, 0.15) is 13.3 Å². The van der Waals surface area contributed by atoms with Gasteiger partial charge in [0.1, 0.15) is 0 Å². The molecule has 0 atom stereocenters. The van der Waals surface area contributed by atoms with Crippen molar-refractivity contribution in [2.75, 3.05) is 12.4 Å². The lowest BCUT2D eigenvalue weighted by Gasteiger charge is -2.17. The summed E-state index contributed by atoms with van der Waals surface area (Å²) in [4.78, 5) is 12.3. The van der Waals surface area contributed by atoms with Gasteiger partial charge in [0.2, 0.25) is 0 Å². The summed E-state index contributed by atoms with van der Waals surface area (Å²) in [5, 5.41) is 10.5. The average molecular weight is 173 g/mol. The Kier molecular flexibility index (Phi) is 2.82. The number of allylic oxidation sites excluding steroid dienone is 1. The van der Waals surface area contributed by atoms with Crippen molar-refractivity contribution < 1.29 is 9.90 Å². The van der Waals surface area contributed by atoms with Crippen LogP contribution in [0.5, 0.6) is 0 Å². The number of aliphatic carboxylic acids is 1. The predicted molar refractivity (Wildman–Crippen MR) is 45.2 cm³/mol. The zero-order valence-corrected chi connectivity index (χ0v) is 7.23. The Morgan fingerprint density at radius 1 is 1.91 bits per heavy atom. The van der Waals surface area contributed by atoms with Gasteiger partial charge in [-0.3, -0.25) is 4.79 Å². The molecule has 0 aromatic heterocycles. The van der Waals surface area contributed by atoms with Gasteiger partial charge in [0.05, 0.1) is 12.3 Å². The molecule has 0 saturated heterocycles. The highest BCUT2D eigenvalue weighted by molar-refractivity contribution is 8.02. The summed E-state index contributed by atoms with van der Waals surface area (Å²) in [7, 11) is 0. The minimum atomic E-state index is -0.727. The molecule has 0 amide bonds. The minimum Gasteiger partial charge on any atom is -0.481 e. The van der Waals surface area contributed by atoms with Crippen LogP contribution in [0.2, 0.25) is 0 Å². The van der Waals surface area contributed by atoms with Crippen molar-refractivity contribution >= 4 is 17.7 Å². The summed E-state index contributed by atoms with van der Waals surface area (Å²) in [6.07, 6.45) is 0.228. The van der Waals surface area contributed by atoms with E-state index >= 15 is 0 Å². The molecule has 0 bridgehead atoms. The number of thioether (sulfide) groups is 1. The normalized spacial score (nSPS) is 16.8. The third-order valence-electron chi connectivity index (χ3n) is 1.58. The largest absolute Gasteiger partial charge is 0.481 e. The van der Waals surface area contributed by atoms with E-state index < -0.39 is 5.97 Å². The molecular weight excluding hydrogens is 162 g/mol. The second-order valence-electron chi connectivity index (χ2n) is 2.46. The lowest BCUT2D eigenvalue weighted by molar-refractivity contribution is -0.137. The molecule has 0 aliphatic carbocycles. The molecule has 0 unspecified atom stereocenters.